The first-order chi connectivity index (χ1) is 11.2. The quantitative estimate of drug-likeness (QED) is 0.284. The number of anilines is 3. The molecule has 0 fully saturated rings. The zero-order chi connectivity index (χ0) is 18.6. The Morgan fingerprint density at radius 2 is 1.46 bits per heavy atom. The van der Waals surface area contributed by atoms with Crippen molar-refractivity contribution in [3.05, 3.63) is 0 Å². The molecule has 11 nitrogen and oxygen atoms in total. The van der Waals surface area contributed by atoms with E-state index >= 15 is 0 Å². The third kappa shape index (κ3) is 13.9. The topological polar surface area (TPSA) is 161 Å². The van der Waals surface area contributed by atoms with Gasteiger partial charge in [0.2, 0.25) is 22.3 Å². The second-order valence-electron chi connectivity index (χ2n) is 4.86. The molecular formula is C12H26N6O5S. The average molecular weight is 366 g/mol. The number of nitrogens with zero attached hydrogens (tertiary/aromatic N) is 3. The Hall–Kier alpha value is -1.76. The lowest BCUT2D eigenvalue weighted by Gasteiger charge is -2.11. The van der Waals surface area contributed by atoms with Crippen molar-refractivity contribution in [3.63, 3.8) is 0 Å². The molecule has 1 rings (SSSR count). The largest absolute Gasteiger partial charge is 1.00 e. The molecule has 4 N–H and O–H groups in total. The second-order valence-corrected chi connectivity index (χ2v) is 5.71. The number of hydrogen-bond donors (Lipinski definition) is 4. The molecule has 0 aliphatic carbocycles. The first-order valence-corrected chi connectivity index (χ1v) is 8.86. The number of aromatic nitrogens is 3. The van der Waals surface area contributed by atoms with Crippen molar-refractivity contribution in [1.29, 1.82) is 0 Å². The van der Waals surface area contributed by atoms with E-state index in [1.165, 1.54) is 0 Å². The Labute approximate surface area is 143 Å². The van der Waals surface area contributed by atoms with E-state index in [4.69, 9.17) is 22.4 Å². The van der Waals surface area contributed by atoms with Crippen LogP contribution in [0.1, 0.15) is 42.0 Å². The van der Waals surface area contributed by atoms with Crippen molar-refractivity contribution >= 4 is 28.2 Å². The minimum Gasteiger partial charge on any atom is -0.726 e. The van der Waals surface area contributed by atoms with Crippen LogP contribution in [0.3, 0.4) is 0 Å². The maximum Gasteiger partial charge on any atom is 1.00 e. The van der Waals surface area contributed by atoms with Crippen LogP contribution in [-0.4, -0.2) is 51.7 Å². The molecule has 0 atom stereocenters. The van der Waals surface area contributed by atoms with Gasteiger partial charge >= 0.3 is 1.43 Å². The van der Waals surface area contributed by atoms with Crippen molar-refractivity contribution < 1.29 is 23.8 Å². The first kappa shape index (κ1) is 22.2. The Balaban J connectivity index is 0. The van der Waals surface area contributed by atoms with Gasteiger partial charge in [0.05, 0.1) is 6.10 Å². The van der Waals surface area contributed by atoms with Gasteiger partial charge in [-0.2, -0.15) is 15.0 Å². The monoisotopic (exact) mass is 366 g/mol. The SMILES string of the molecule is CCCNc1nc(NCCC)nc(NOC(C)C)n1.O=S(=O)([O-])O.[H+]. The summed E-state index contributed by atoms with van der Waals surface area (Å²) >= 11 is 0. The highest BCUT2D eigenvalue weighted by molar-refractivity contribution is 7.79. The summed E-state index contributed by atoms with van der Waals surface area (Å²) in [6, 6.07) is 0. The lowest BCUT2D eigenvalue weighted by molar-refractivity contribution is 0.128. The fourth-order valence-corrected chi connectivity index (χ4v) is 1.22. The maximum absolute atomic E-state index is 8.63. The van der Waals surface area contributed by atoms with E-state index in [1.54, 1.807) is 0 Å². The van der Waals surface area contributed by atoms with E-state index < -0.39 is 10.4 Å². The predicted octanol–water partition coefficient (Wildman–Crippen LogP) is 1.38. The third-order valence-corrected chi connectivity index (χ3v) is 2.09. The van der Waals surface area contributed by atoms with Gasteiger partial charge in [0, 0.05) is 13.1 Å². The first-order valence-electron chi connectivity index (χ1n) is 7.49. The van der Waals surface area contributed by atoms with Gasteiger partial charge in [-0.05, 0) is 26.7 Å². The van der Waals surface area contributed by atoms with Crippen molar-refractivity contribution in [2.75, 3.05) is 29.2 Å². The molecule has 12 heteroatoms. The van der Waals surface area contributed by atoms with Gasteiger partial charge < -0.3 is 15.2 Å². The van der Waals surface area contributed by atoms with Gasteiger partial charge in [-0.3, -0.25) is 9.39 Å². The summed E-state index contributed by atoms with van der Waals surface area (Å²) in [5.74, 6) is 1.50. The van der Waals surface area contributed by atoms with Crippen LogP contribution in [0, 0.1) is 0 Å². The van der Waals surface area contributed by atoms with E-state index in [-0.39, 0.29) is 7.53 Å². The molecule has 1 aromatic heterocycles. The van der Waals surface area contributed by atoms with Crippen LogP contribution in [0.5, 0.6) is 0 Å². The Bertz CT molecular complexity index is 541. The van der Waals surface area contributed by atoms with Crippen molar-refractivity contribution in [1.82, 2.24) is 15.0 Å². The van der Waals surface area contributed by atoms with Crippen molar-refractivity contribution in [3.8, 4) is 0 Å². The van der Waals surface area contributed by atoms with Crippen LogP contribution in [0.4, 0.5) is 17.8 Å². The molecule has 0 aliphatic rings. The molecule has 0 aliphatic heterocycles. The van der Waals surface area contributed by atoms with Crippen LogP contribution < -0.4 is 16.1 Å². The van der Waals surface area contributed by atoms with Gasteiger partial charge in [0.15, 0.2) is 0 Å². The molecule has 0 saturated heterocycles. The predicted molar refractivity (Wildman–Crippen MR) is 90.7 cm³/mol. The van der Waals surface area contributed by atoms with Gasteiger partial charge in [-0.15, -0.1) is 0 Å². The fourth-order valence-electron chi connectivity index (χ4n) is 1.22. The summed E-state index contributed by atoms with van der Waals surface area (Å²) in [4.78, 5) is 18.1. The number of hydrogen-bond acceptors (Lipinski definition) is 10. The summed E-state index contributed by atoms with van der Waals surface area (Å²) in [6.45, 7) is 9.68. The van der Waals surface area contributed by atoms with Crippen LogP contribution in [0.25, 0.3) is 0 Å². The molecule has 1 heterocycles. The van der Waals surface area contributed by atoms with Crippen LogP contribution in [0.15, 0.2) is 0 Å². The number of nitrogens with one attached hydrogen (secondary N) is 3. The van der Waals surface area contributed by atoms with Gasteiger partial charge in [0.1, 0.15) is 0 Å². The highest BCUT2D eigenvalue weighted by Crippen LogP contribution is 2.10. The van der Waals surface area contributed by atoms with Crippen LogP contribution >= 0.6 is 0 Å². The summed E-state index contributed by atoms with van der Waals surface area (Å²) in [5, 5.41) is 6.28. The molecule has 0 aromatic carbocycles. The van der Waals surface area contributed by atoms with Gasteiger partial charge in [-0.1, -0.05) is 13.8 Å². The fraction of sp³-hybridized carbons (Fsp3) is 0.750. The Kier molecular flexibility index (Phi) is 10.9. The zero-order valence-electron chi connectivity index (χ0n) is 15.2. The molecule has 24 heavy (non-hydrogen) atoms. The standard InChI is InChI=1S/C12H24N6O.H2O4S/c1-5-7-13-10-15-11(14-8-6-2)17-12(16-10)18-19-9(3)4;1-5(2,3)4/h9H,5-8H2,1-4H3,(H3,13,14,15,16,17,18);(H2,1,2,3,4). The highest BCUT2D eigenvalue weighted by Gasteiger charge is 2.06. The molecule has 1 aromatic rings. The summed E-state index contributed by atoms with van der Waals surface area (Å²) < 4.78 is 32.8. The Morgan fingerprint density at radius 3 is 1.79 bits per heavy atom. The molecule has 0 radical (unpaired) electrons. The highest BCUT2D eigenvalue weighted by atomic mass is 32.3. The average Bonchev–Trinajstić information content (AvgIpc) is 2.47. The second kappa shape index (κ2) is 11.7. The van der Waals surface area contributed by atoms with E-state index in [1.807, 2.05) is 13.8 Å². The smallest absolute Gasteiger partial charge is 0.726 e. The summed E-state index contributed by atoms with van der Waals surface area (Å²) in [5.41, 5.74) is 2.74. The van der Waals surface area contributed by atoms with Crippen molar-refractivity contribution in [2.45, 2.75) is 46.6 Å². The maximum atomic E-state index is 8.63. The minimum atomic E-state index is -4.92. The Morgan fingerprint density at radius 1 is 1.08 bits per heavy atom. The third-order valence-electron chi connectivity index (χ3n) is 2.09. The molecule has 0 saturated carbocycles. The van der Waals surface area contributed by atoms with Crippen LogP contribution in [0.2, 0.25) is 0 Å². The van der Waals surface area contributed by atoms with E-state index in [0.717, 1.165) is 25.9 Å². The van der Waals surface area contributed by atoms with Crippen LogP contribution in [-0.2, 0) is 15.2 Å². The van der Waals surface area contributed by atoms with Crippen molar-refractivity contribution in [2.24, 2.45) is 0 Å². The molecule has 0 bridgehead atoms. The number of rotatable bonds is 9. The van der Waals surface area contributed by atoms with E-state index in [9.17, 15) is 0 Å². The molecule has 0 amide bonds. The molecular weight excluding hydrogens is 340 g/mol. The van der Waals surface area contributed by atoms with Gasteiger partial charge in [0.25, 0.3) is 5.95 Å². The summed E-state index contributed by atoms with van der Waals surface area (Å²) in [7, 11) is -4.92. The van der Waals surface area contributed by atoms with E-state index in [2.05, 4.69) is 44.9 Å². The zero-order valence-corrected chi connectivity index (χ0v) is 15.1. The molecule has 0 unspecified atom stereocenters. The van der Waals surface area contributed by atoms with Gasteiger partial charge in [-0.25, -0.2) is 13.9 Å². The minimum absolute atomic E-state index is 0. The summed E-state index contributed by atoms with van der Waals surface area (Å²) in [6.07, 6.45) is 2.07. The molecule has 0 spiro atoms. The molecule has 140 valence electrons. The lowest BCUT2D eigenvalue weighted by atomic mass is 10.5. The lowest BCUT2D eigenvalue weighted by Crippen LogP contribution is -2.15. The van der Waals surface area contributed by atoms with E-state index in [0.29, 0.717) is 17.8 Å². The normalized spacial score (nSPS) is 10.8.